The van der Waals surface area contributed by atoms with Crippen molar-refractivity contribution in [1.29, 1.82) is 0 Å². The fourth-order valence-corrected chi connectivity index (χ4v) is 2.07. The van der Waals surface area contributed by atoms with Gasteiger partial charge < -0.3 is 0 Å². The predicted octanol–water partition coefficient (Wildman–Crippen LogP) is 3.82. The molecule has 0 aromatic carbocycles. The molecule has 0 unspecified atom stereocenters. The summed E-state index contributed by atoms with van der Waals surface area (Å²) in [6.07, 6.45) is 8.94. The molecular formula is C10H17N3. The highest BCUT2D eigenvalue weighted by Gasteiger charge is 2.20. The summed E-state index contributed by atoms with van der Waals surface area (Å²) in [5.74, 6) is 0.538. The highest BCUT2D eigenvalue weighted by atomic mass is 15.1. The molecule has 0 saturated heterocycles. The van der Waals surface area contributed by atoms with E-state index in [-0.39, 0.29) is 6.04 Å². The quantitative estimate of drug-likeness (QED) is 0.208. The highest BCUT2D eigenvalue weighted by Crippen LogP contribution is 2.28. The lowest BCUT2D eigenvalue weighted by Crippen LogP contribution is -2.15. The van der Waals surface area contributed by atoms with Crippen LogP contribution in [0.15, 0.2) is 17.8 Å². The van der Waals surface area contributed by atoms with Gasteiger partial charge in [-0.2, -0.15) is 0 Å². The number of hydrogen-bond donors (Lipinski definition) is 0. The van der Waals surface area contributed by atoms with E-state index in [0.29, 0.717) is 5.92 Å². The number of rotatable bonds is 3. The molecule has 0 aromatic rings. The van der Waals surface area contributed by atoms with Crippen LogP contribution in [0.25, 0.3) is 10.4 Å². The lowest BCUT2D eigenvalue weighted by atomic mass is 9.92. The van der Waals surface area contributed by atoms with Gasteiger partial charge >= 0.3 is 0 Å². The standard InChI is InChI=1S/C10H17N3/c1-2-6-9-7-4-3-5-8-10(9)12-13-11/h2,9-10H,1,3-8H2/t9-,10-/m1/s1. The fraction of sp³-hybridized carbons (Fsp3) is 0.800. The molecule has 0 radical (unpaired) electrons. The van der Waals surface area contributed by atoms with Crippen molar-refractivity contribution in [3.05, 3.63) is 23.1 Å². The topological polar surface area (TPSA) is 48.8 Å². The van der Waals surface area contributed by atoms with Crippen LogP contribution < -0.4 is 0 Å². The lowest BCUT2D eigenvalue weighted by molar-refractivity contribution is 0.401. The van der Waals surface area contributed by atoms with Crippen LogP contribution in [0.3, 0.4) is 0 Å². The number of nitrogens with zero attached hydrogens (tertiary/aromatic N) is 3. The molecule has 2 atom stereocenters. The maximum absolute atomic E-state index is 8.43. The maximum Gasteiger partial charge on any atom is 0.0405 e. The van der Waals surface area contributed by atoms with Crippen LogP contribution in [0.4, 0.5) is 0 Å². The average molecular weight is 179 g/mol. The molecule has 0 amide bonds. The number of hydrogen-bond acceptors (Lipinski definition) is 1. The Balaban J connectivity index is 2.59. The molecule has 13 heavy (non-hydrogen) atoms. The molecular weight excluding hydrogens is 162 g/mol. The lowest BCUT2D eigenvalue weighted by Gasteiger charge is -2.18. The molecule has 1 rings (SSSR count). The Morgan fingerprint density at radius 2 is 2.15 bits per heavy atom. The molecule has 0 heterocycles. The summed E-state index contributed by atoms with van der Waals surface area (Å²) in [5.41, 5.74) is 8.43. The highest BCUT2D eigenvalue weighted by molar-refractivity contribution is 4.84. The first kappa shape index (κ1) is 10.1. The van der Waals surface area contributed by atoms with E-state index in [1.807, 2.05) is 6.08 Å². The normalized spacial score (nSPS) is 28.6. The average Bonchev–Trinajstić information content (AvgIpc) is 2.33. The van der Waals surface area contributed by atoms with E-state index < -0.39 is 0 Å². The van der Waals surface area contributed by atoms with E-state index in [2.05, 4.69) is 16.6 Å². The van der Waals surface area contributed by atoms with Gasteiger partial charge in [0.05, 0.1) is 0 Å². The van der Waals surface area contributed by atoms with Crippen LogP contribution in [0.5, 0.6) is 0 Å². The van der Waals surface area contributed by atoms with Crippen LogP contribution in [-0.2, 0) is 0 Å². The van der Waals surface area contributed by atoms with E-state index in [1.165, 1.54) is 25.7 Å². The van der Waals surface area contributed by atoms with Crippen molar-refractivity contribution in [2.24, 2.45) is 11.0 Å². The van der Waals surface area contributed by atoms with Crippen molar-refractivity contribution in [2.75, 3.05) is 0 Å². The Labute approximate surface area is 79.5 Å². The second kappa shape index (κ2) is 5.65. The minimum atomic E-state index is 0.213. The molecule has 1 aliphatic carbocycles. The zero-order valence-corrected chi connectivity index (χ0v) is 8.02. The summed E-state index contributed by atoms with van der Waals surface area (Å²) in [5, 5.41) is 3.88. The van der Waals surface area contributed by atoms with Crippen LogP contribution in [0.1, 0.15) is 38.5 Å². The van der Waals surface area contributed by atoms with Crippen LogP contribution in [0.2, 0.25) is 0 Å². The van der Waals surface area contributed by atoms with Gasteiger partial charge in [-0.05, 0) is 30.7 Å². The molecule has 0 aromatic heterocycles. The molecule has 1 fully saturated rings. The molecule has 0 bridgehead atoms. The maximum atomic E-state index is 8.43. The first-order chi connectivity index (χ1) is 6.38. The van der Waals surface area contributed by atoms with Gasteiger partial charge in [0.15, 0.2) is 0 Å². The molecule has 3 heteroatoms. The second-order valence-electron chi connectivity index (χ2n) is 3.69. The Hall–Kier alpha value is -0.950. The minimum Gasteiger partial charge on any atom is -0.103 e. The summed E-state index contributed by atoms with van der Waals surface area (Å²) in [6, 6.07) is 0.213. The predicted molar refractivity (Wildman–Crippen MR) is 54.3 cm³/mol. The molecule has 72 valence electrons. The third-order valence-corrected chi connectivity index (χ3v) is 2.79. The molecule has 0 aliphatic heterocycles. The van der Waals surface area contributed by atoms with Gasteiger partial charge in [-0.25, -0.2) is 0 Å². The summed E-state index contributed by atoms with van der Waals surface area (Å²) < 4.78 is 0. The molecule has 0 spiro atoms. The van der Waals surface area contributed by atoms with Crippen molar-refractivity contribution in [3.8, 4) is 0 Å². The zero-order chi connectivity index (χ0) is 9.52. The van der Waals surface area contributed by atoms with E-state index in [9.17, 15) is 0 Å². The van der Waals surface area contributed by atoms with E-state index in [4.69, 9.17) is 5.53 Å². The van der Waals surface area contributed by atoms with Gasteiger partial charge in [-0.3, -0.25) is 0 Å². The first-order valence-corrected chi connectivity index (χ1v) is 5.03. The third-order valence-electron chi connectivity index (χ3n) is 2.79. The van der Waals surface area contributed by atoms with Gasteiger partial charge in [0.2, 0.25) is 0 Å². The van der Waals surface area contributed by atoms with Crippen molar-refractivity contribution in [3.63, 3.8) is 0 Å². The number of azide groups is 1. The fourth-order valence-electron chi connectivity index (χ4n) is 2.07. The van der Waals surface area contributed by atoms with Crippen molar-refractivity contribution < 1.29 is 0 Å². The van der Waals surface area contributed by atoms with Gasteiger partial charge in [0.25, 0.3) is 0 Å². The smallest absolute Gasteiger partial charge is 0.0405 e. The molecule has 0 N–H and O–H groups in total. The molecule has 1 saturated carbocycles. The first-order valence-electron chi connectivity index (χ1n) is 5.03. The SMILES string of the molecule is C=CC[C@@H]1CCCCC[C@H]1N=[N+]=[N-]. The summed E-state index contributed by atoms with van der Waals surface area (Å²) in [7, 11) is 0. The Morgan fingerprint density at radius 1 is 1.38 bits per heavy atom. The van der Waals surface area contributed by atoms with Gasteiger partial charge in [-0.1, -0.05) is 30.5 Å². The number of allylic oxidation sites excluding steroid dienone is 1. The van der Waals surface area contributed by atoms with E-state index in [1.54, 1.807) is 0 Å². The van der Waals surface area contributed by atoms with Gasteiger partial charge in [-0.15, -0.1) is 6.58 Å². The van der Waals surface area contributed by atoms with Crippen molar-refractivity contribution >= 4 is 0 Å². The largest absolute Gasteiger partial charge is 0.103 e. The van der Waals surface area contributed by atoms with E-state index in [0.717, 1.165) is 12.8 Å². The second-order valence-corrected chi connectivity index (χ2v) is 3.69. The van der Waals surface area contributed by atoms with Crippen LogP contribution in [0, 0.1) is 5.92 Å². The van der Waals surface area contributed by atoms with Crippen molar-refractivity contribution in [1.82, 2.24) is 0 Å². The Kier molecular flexibility index (Phi) is 4.41. The van der Waals surface area contributed by atoms with Crippen LogP contribution in [-0.4, -0.2) is 6.04 Å². The van der Waals surface area contributed by atoms with E-state index >= 15 is 0 Å². The molecule has 1 aliphatic rings. The van der Waals surface area contributed by atoms with Crippen molar-refractivity contribution in [2.45, 2.75) is 44.6 Å². The third kappa shape index (κ3) is 3.11. The minimum absolute atomic E-state index is 0.213. The summed E-state index contributed by atoms with van der Waals surface area (Å²) in [4.78, 5) is 2.92. The summed E-state index contributed by atoms with van der Waals surface area (Å²) >= 11 is 0. The Morgan fingerprint density at radius 3 is 2.85 bits per heavy atom. The zero-order valence-electron chi connectivity index (χ0n) is 8.02. The van der Waals surface area contributed by atoms with Crippen LogP contribution >= 0.6 is 0 Å². The summed E-state index contributed by atoms with van der Waals surface area (Å²) in [6.45, 7) is 3.75. The van der Waals surface area contributed by atoms with Gasteiger partial charge in [0.1, 0.15) is 0 Å². The van der Waals surface area contributed by atoms with Gasteiger partial charge in [0, 0.05) is 11.0 Å². The Bertz CT molecular complexity index is 206. The molecule has 3 nitrogen and oxygen atoms in total. The monoisotopic (exact) mass is 179 g/mol.